The number of rotatable bonds is 6. The summed E-state index contributed by atoms with van der Waals surface area (Å²) in [6, 6.07) is -0.0479. The van der Waals surface area contributed by atoms with Crippen LogP contribution in [0.1, 0.15) is 76.3 Å². The van der Waals surface area contributed by atoms with Crippen molar-refractivity contribution in [3.8, 4) is 5.88 Å². The molecule has 0 bridgehead atoms. The average molecular weight is 377 g/mol. The molecule has 1 aliphatic heterocycles. The second-order valence-corrected chi connectivity index (χ2v) is 7.70. The minimum absolute atomic E-state index is 0.0479. The van der Waals surface area contributed by atoms with Crippen molar-refractivity contribution in [1.29, 1.82) is 0 Å². The van der Waals surface area contributed by atoms with E-state index in [1.807, 2.05) is 6.92 Å². The van der Waals surface area contributed by atoms with Gasteiger partial charge in [0.25, 0.3) is 5.56 Å². The van der Waals surface area contributed by atoms with Crippen LogP contribution in [0.5, 0.6) is 5.88 Å². The number of hydrogen-bond donors (Lipinski definition) is 2. The van der Waals surface area contributed by atoms with Crippen LogP contribution in [0.2, 0.25) is 0 Å². The molecule has 1 saturated heterocycles. The van der Waals surface area contributed by atoms with Crippen LogP contribution in [0.4, 0.5) is 0 Å². The van der Waals surface area contributed by atoms with Gasteiger partial charge in [0.1, 0.15) is 5.56 Å². The van der Waals surface area contributed by atoms with E-state index in [2.05, 4.69) is 14.9 Å². The summed E-state index contributed by atoms with van der Waals surface area (Å²) >= 11 is 0. The molecule has 0 amide bonds. The zero-order chi connectivity index (χ0) is 19.2. The van der Waals surface area contributed by atoms with Crippen LogP contribution in [-0.2, 0) is 0 Å². The van der Waals surface area contributed by atoms with Gasteiger partial charge in [-0.15, -0.1) is 0 Å². The van der Waals surface area contributed by atoms with Gasteiger partial charge >= 0.3 is 5.69 Å². The Kier molecular flexibility index (Phi) is 6.88. The maximum atomic E-state index is 12.4. The van der Waals surface area contributed by atoms with Gasteiger partial charge in [-0.05, 0) is 45.2 Å². The SMILES string of the molecule is CCC(=NCCN1CCCCC1)c1c(O)n(C2CCCCC2)c(=O)[nH]c1=O. The lowest BCUT2D eigenvalue weighted by atomic mass is 9.95. The number of aliphatic imine (C=N–C) groups is 1. The third-order valence-electron chi connectivity index (χ3n) is 5.85. The van der Waals surface area contributed by atoms with Crippen molar-refractivity contribution in [3.63, 3.8) is 0 Å². The van der Waals surface area contributed by atoms with Gasteiger partial charge in [-0.3, -0.25) is 19.3 Å². The van der Waals surface area contributed by atoms with Gasteiger partial charge in [0, 0.05) is 12.6 Å². The van der Waals surface area contributed by atoms with Crippen LogP contribution in [0.3, 0.4) is 0 Å². The van der Waals surface area contributed by atoms with E-state index in [1.54, 1.807) is 0 Å². The topological polar surface area (TPSA) is 90.7 Å². The summed E-state index contributed by atoms with van der Waals surface area (Å²) in [6.07, 6.45) is 9.24. The van der Waals surface area contributed by atoms with Gasteiger partial charge in [-0.2, -0.15) is 0 Å². The fourth-order valence-electron chi connectivity index (χ4n) is 4.35. The lowest BCUT2D eigenvalue weighted by Crippen LogP contribution is -2.36. The average Bonchev–Trinajstić information content (AvgIpc) is 2.68. The molecule has 0 unspecified atom stereocenters. The molecular formula is C20H32N4O3. The van der Waals surface area contributed by atoms with E-state index in [4.69, 9.17) is 0 Å². The molecule has 1 aromatic rings. The summed E-state index contributed by atoms with van der Waals surface area (Å²) in [5, 5.41) is 10.8. The van der Waals surface area contributed by atoms with E-state index >= 15 is 0 Å². The highest BCUT2D eigenvalue weighted by atomic mass is 16.3. The van der Waals surface area contributed by atoms with E-state index in [0.29, 0.717) is 18.7 Å². The number of nitrogens with one attached hydrogen (secondary N) is 1. The van der Waals surface area contributed by atoms with Crippen LogP contribution in [0.15, 0.2) is 14.6 Å². The molecule has 150 valence electrons. The van der Waals surface area contributed by atoms with Crippen molar-refractivity contribution in [1.82, 2.24) is 14.5 Å². The molecule has 7 nitrogen and oxygen atoms in total. The van der Waals surface area contributed by atoms with Crippen molar-refractivity contribution >= 4 is 5.71 Å². The number of nitrogens with zero attached hydrogens (tertiary/aromatic N) is 3. The highest BCUT2D eigenvalue weighted by Crippen LogP contribution is 2.30. The molecule has 2 aliphatic rings. The predicted octanol–water partition coefficient (Wildman–Crippen LogP) is 2.43. The molecule has 1 aromatic heterocycles. The molecule has 0 aromatic carbocycles. The summed E-state index contributed by atoms with van der Waals surface area (Å²) in [5.41, 5.74) is -0.309. The summed E-state index contributed by atoms with van der Waals surface area (Å²) in [5.74, 6) is -0.214. The van der Waals surface area contributed by atoms with Crippen molar-refractivity contribution in [2.24, 2.45) is 4.99 Å². The quantitative estimate of drug-likeness (QED) is 0.746. The first kappa shape index (κ1) is 19.9. The Morgan fingerprint density at radius 2 is 1.78 bits per heavy atom. The first-order chi connectivity index (χ1) is 13.1. The maximum absolute atomic E-state index is 12.4. The monoisotopic (exact) mass is 376 g/mol. The molecule has 1 saturated carbocycles. The Morgan fingerprint density at radius 3 is 2.44 bits per heavy atom. The van der Waals surface area contributed by atoms with Crippen LogP contribution < -0.4 is 11.2 Å². The van der Waals surface area contributed by atoms with Crippen LogP contribution in [0.25, 0.3) is 0 Å². The smallest absolute Gasteiger partial charge is 0.331 e. The summed E-state index contributed by atoms with van der Waals surface area (Å²) in [6.45, 7) is 5.61. The zero-order valence-electron chi connectivity index (χ0n) is 16.4. The number of likely N-dealkylation sites (tertiary alicyclic amines) is 1. The molecule has 7 heteroatoms. The lowest BCUT2D eigenvalue weighted by Gasteiger charge is -2.26. The van der Waals surface area contributed by atoms with Gasteiger partial charge in [0.15, 0.2) is 0 Å². The van der Waals surface area contributed by atoms with Gasteiger partial charge in [0.05, 0.1) is 12.3 Å². The third kappa shape index (κ3) is 4.69. The molecule has 2 N–H and O–H groups in total. The Balaban J connectivity index is 1.85. The second-order valence-electron chi connectivity index (χ2n) is 7.70. The highest BCUT2D eigenvalue weighted by Gasteiger charge is 2.24. The Morgan fingerprint density at radius 1 is 1.11 bits per heavy atom. The molecule has 0 spiro atoms. The standard InChI is InChI=1S/C20H32N4O3/c1-2-16(21-11-14-23-12-7-4-8-13-23)17-18(25)22-20(27)24(19(17)26)15-9-5-3-6-10-15/h15,26H,2-14H2,1H3,(H,22,25,27). The van der Waals surface area contributed by atoms with Crippen LogP contribution in [0, 0.1) is 0 Å². The highest BCUT2D eigenvalue weighted by molar-refractivity contribution is 6.01. The molecule has 27 heavy (non-hydrogen) atoms. The molecule has 0 atom stereocenters. The minimum atomic E-state index is -0.539. The number of aromatic hydroxyl groups is 1. The normalized spacial score (nSPS) is 20.1. The fourth-order valence-corrected chi connectivity index (χ4v) is 4.35. The summed E-state index contributed by atoms with van der Waals surface area (Å²) in [7, 11) is 0. The molecule has 0 radical (unpaired) electrons. The Hall–Kier alpha value is -1.89. The number of H-pyrrole nitrogens is 1. The molecular weight excluding hydrogens is 344 g/mol. The summed E-state index contributed by atoms with van der Waals surface area (Å²) in [4.78, 5) is 34.2. The van der Waals surface area contributed by atoms with E-state index in [9.17, 15) is 14.7 Å². The Bertz CT molecular complexity index is 768. The number of aromatic nitrogens is 2. The lowest BCUT2D eigenvalue weighted by molar-refractivity contribution is 0.235. The predicted molar refractivity (Wildman–Crippen MR) is 107 cm³/mol. The fraction of sp³-hybridized carbons (Fsp3) is 0.750. The zero-order valence-corrected chi connectivity index (χ0v) is 16.4. The number of hydrogen-bond acceptors (Lipinski definition) is 5. The van der Waals surface area contributed by atoms with Gasteiger partial charge in [0.2, 0.25) is 5.88 Å². The van der Waals surface area contributed by atoms with Gasteiger partial charge in [-0.1, -0.05) is 32.6 Å². The van der Waals surface area contributed by atoms with Crippen molar-refractivity contribution < 1.29 is 5.11 Å². The van der Waals surface area contributed by atoms with Crippen LogP contribution >= 0.6 is 0 Å². The maximum Gasteiger partial charge on any atom is 0.331 e. The van der Waals surface area contributed by atoms with Gasteiger partial charge in [-0.25, -0.2) is 4.79 Å². The first-order valence-corrected chi connectivity index (χ1v) is 10.5. The van der Waals surface area contributed by atoms with E-state index in [1.165, 1.54) is 23.8 Å². The largest absolute Gasteiger partial charge is 0.494 e. The van der Waals surface area contributed by atoms with Gasteiger partial charge < -0.3 is 10.0 Å². The molecule has 2 heterocycles. The number of aromatic amines is 1. The molecule has 2 fully saturated rings. The van der Waals surface area contributed by atoms with E-state index < -0.39 is 11.2 Å². The van der Waals surface area contributed by atoms with Crippen molar-refractivity contribution in [3.05, 3.63) is 26.4 Å². The van der Waals surface area contributed by atoms with Crippen molar-refractivity contribution in [2.45, 2.75) is 70.8 Å². The third-order valence-corrected chi connectivity index (χ3v) is 5.85. The first-order valence-electron chi connectivity index (χ1n) is 10.5. The molecule has 1 aliphatic carbocycles. The second kappa shape index (κ2) is 9.35. The molecule has 3 rings (SSSR count). The van der Waals surface area contributed by atoms with Crippen LogP contribution in [-0.4, -0.2) is 51.4 Å². The van der Waals surface area contributed by atoms with E-state index in [0.717, 1.165) is 51.7 Å². The number of piperidine rings is 1. The van der Waals surface area contributed by atoms with Crippen molar-refractivity contribution in [2.75, 3.05) is 26.2 Å². The minimum Gasteiger partial charge on any atom is -0.494 e. The summed E-state index contributed by atoms with van der Waals surface area (Å²) < 4.78 is 1.38. The Labute approximate surface area is 160 Å². The van der Waals surface area contributed by atoms with E-state index in [-0.39, 0.29) is 17.5 Å².